The third kappa shape index (κ3) is 3.81. The zero-order chi connectivity index (χ0) is 19.5. The van der Waals surface area contributed by atoms with E-state index in [1.165, 1.54) is 23.2 Å². The smallest absolute Gasteiger partial charge is 0.209 e. The van der Waals surface area contributed by atoms with Crippen molar-refractivity contribution in [2.24, 2.45) is 4.99 Å². The molecule has 2 aromatic carbocycles. The van der Waals surface area contributed by atoms with Crippen molar-refractivity contribution < 1.29 is 4.39 Å². The predicted molar refractivity (Wildman–Crippen MR) is 108 cm³/mol. The minimum atomic E-state index is -0.375. The van der Waals surface area contributed by atoms with Gasteiger partial charge in [-0.3, -0.25) is 9.79 Å². The Kier molecular flexibility index (Phi) is 4.93. The Balaban J connectivity index is 1.76. The summed E-state index contributed by atoms with van der Waals surface area (Å²) < 4.78 is 16.0. The molecular weight excluding hydrogens is 355 g/mol. The molecule has 0 unspecified atom stereocenters. The van der Waals surface area contributed by atoms with Crippen molar-refractivity contribution in [3.63, 3.8) is 0 Å². The van der Waals surface area contributed by atoms with Crippen LogP contribution < -0.4 is 5.43 Å². The average Bonchev–Trinajstić information content (AvgIpc) is 3.54. The van der Waals surface area contributed by atoms with Gasteiger partial charge < -0.3 is 5.41 Å². The maximum Gasteiger partial charge on any atom is 0.209 e. The lowest BCUT2D eigenvalue weighted by atomic mass is 10.1. The fourth-order valence-electron chi connectivity index (χ4n) is 3.07. The van der Waals surface area contributed by atoms with Crippen LogP contribution in [-0.2, 0) is 0 Å². The van der Waals surface area contributed by atoms with Gasteiger partial charge in [-0.1, -0.05) is 24.3 Å². The quantitative estimate of drug-likeness (QED) is 0.649. The Morgan fingerprint density at radius 2 is 2.00 bits per heavy atom. The number of hydrogen-bond donors (Lipinski definition) is 1. The van der Waals surface area contributed by atoms with E-state index in [1.807, 2.05) is 36.4 Å². The second kappa shape index (κ2) is 7.68. The van der Waals surface area contributed by atoms with Crippen molar-refractivity contribution >= 4 is 17.6 Å². The first-order chi connectivity index (χ1) is 13.7. The van der Waals surface area contributed by atoms with Crippen LogP contribution in [0, 0.1) is 11.2 Å². The number of nitrogens with zero attached hydrogens (tertiary/aromatic N) is 3. The predicted octanol–water partition coefficient (Wildman–Crippen LogP) is 4.41. The summed E-state index contributed by atoms with van der Waals surface area (Å²) in [5.41, 5.74) is 2.10. The highest BCUT2D eigenvalue weighted by Crippen LogP contribution is 2.40. The largest absolute Gasteiger partial charge is 0.313 e. The van der Waals surface area contributed by atoms with E-state index in [0.29, 0.717) is 17.3 Å². The summed E-state index contributed by atoms with van der Waals surface area (Å²) in [7, 11) is 0. The van der Waals surface area contributed by atoms with E-state index in [2.05, 4.69) is 10.1 Å². The number of halogens is 1. The van der Waals surface area contributed by atoms with Gasteiger partial charge in [0.2, 0.25) is 5.43 Å². The van der Waals surface area contributed by atoms with Crippen LogP contribution in [0.25, 0.3) is 5.69 Å². The fourth-order valence-corrected chi connectivity index (χ4v) is 3.07. The van der Waals surface area contributed by atoms with Crippen molar-refractivity contribution in [2.75, 3.05) is 0 Å². The summed E-state index contributed by atoms with van der Waals surface area (Å²) in [5.74, 6) is 0.0818. The fraction of sp³-hybridized carbons (Fsp3) is 0.182. The molecule has 1 aromatic heterocycles. The SMILES string of the molecule is N=CCC(=Nc1ccccc1)c1nn(-c2ccc(C3CC3)cc2F)ccc1=O. The molecule has 0 radical (unpaired) electrons. The molecule has 1 saturated carbocycles. The number of para-hydroxylation sites is 1. The molecule has 0 bridgehead atoms. The molecule has 0 atom stereocenters. The summed E-state index contributed by atoms with van der Waals surface area (Å²) in [5, 5.41) is 11.8. The van der Waals surface area contributed by atoms with E-state index in [1.54, 1.807) is 12.1 Å². The molecular formula is C22H19FN4O. The van der Waals surface area contributed by atoms with Crippen LogP contribution in [0.15, 0.2) is 70.6 Å². The standard InChI is InChI=1S/C22H19FN4O/c23-18-14-16(15-6-7-15)8-9-20(18)27-13-11-21(28)22(26-27)19(10-12-24)25-17-4-2-1-3-5-17/h1-5,8-9,11-15,24H,6-7,10H2. The van der Waals surface area contributed by atoms with E-state index in [4.69, 9.17) is 5.41 Å². The minimum absolute atomic E-state index is 0.112. The minimum Gasteiger partial charge on any atom is -0.313 e. The molecule has 0 aliphatic heterocycles. The Morgan fingerprint density at radius 3 is 2.68 bits per heavy atom. The van der Waals surface area contributed by atoms with E-state index in [9.17, 15) is 9.18 Å². The molecule has 140 valence electrons. The molecule has 0 spiro atoms. The average molecular weight is 374 g/mol. The summed E-state index contributed by atoms with van der Waals surface area (Å²) in [6.45, 7) is 0. The molecule has 1 fully saturated rings. The second-order valence-corrected chi connectivity index (χ2v) is 6.76. The molecule has 1 heterocycles. The first-order valence-corrected chi connectivity index (χ1v) is 9.17. The van der Waals surface area contributed by atoms with Gasteiger partial charge in [0.25, 0.3) is 0 Å². The van der Waals surface area contributed by atoms with Crippen LogP contribution in [0.2, 0.25) is 0 Å². The Labute approximate surface area is 161 Å². The lowest BCUT2D eigenvalue weighted by molar-refractivity contribution is 0.606. The topological polar surface area (TPSA) is 71.1 Å². The Morgan fingerprint density at radius 1 is 1.21 bits per heavy atom. The Bertz CT molecular complexity index is 1100. The van der Waals surface area contributed by atoms with Gasteiger partial charge >= 0.3 is 0 Å². The van der Waals surface area contributed by atoms with Crippen molar-refractivity contribution in [3.05, 3.63) is 88.1 Å². The third-order valence-corrected chi connectivity index (χ3v) is 4.66. The van der Waals surface area contributed by atoms with E-state index >= 15 is 0 Å². The van der Waals surface area contributed by atoms with Crippen LogP contribution in [0.3, 0.4) is 0 Å². The number of hydrogen-bond acceptors (Lipinski definition) is 4. The molecule has 4 rings (SSSR count). The summed E-state index contributed by atoms with van der Waals surface area (Å²) >= 11 is 0. The van der Waals surface area contributed by atoms with Gasteiger partial charge in [0, 0.05) is 24.9 Å². The molecule has 0 saturated heterocycles. The molecule has 6 heteroatoms. The lowest BCUT2D eigenvalue weighted by Crippen LogP contribution is -2.22. The highest BCUT2D eigenvalue weighted by atomic mass is 19.1. The van der Waals surface area contributed by atoms with Crippen LogP contribution in [0.5, 0.6) is 0 Å². The van der Waals surface area contributed by atoms with Gasteiger partial charge in [-0.2, -0.15) is 5.10 Å². The first kappa shape index (κ1) is 18.0. The lowest BCUT2D eigenvalue weighted by Gasteiger charge is -2.10. The van der Waals surface area contributed by atoms with Gasteiger partial charge in [0.05, 0.1) is 11.4 Å². The maximum atomic E-state index is 14.6. The first-order valence-electron chi connectivity index (χ1n) is 9.17. The molecule has 5 nitrogen and oxygen atoms in total. The van der Waals surface area contributed by atoms with Crippen molar-refractivity contribution in [1.82, 2.24) is 9.78 Å². The van der Waals surface area contributed by atoms with Crippen LogP contribution in [0.4, 0.5) is 10.1 Å². The summed E-state index contributed by atoms with van der Waals surface area (Å²) in [6, 6.07) is 15.7. The van der Waals surface area contributed by atoms with Gasteiger partial charge in [0.15, 0.2) is 5.69 Å². The Hall–Kier alpha value is -3.41. The molecule has 1 aliphatic rings. The van der Waals surface area contributed by atoms with Crippen LogP contribution >= 0.6 is 0 Å². The highest BCUT2D eigenvalue weighted by Gasteiger charge is 2.24. The second-order valence-electron chi connectivity index (χ2n) is 6.76. The van der Waals surface area contributed by atoms with E-state index in [0.717, 1.165) is 18.4 Å². The number of rotatable bonds is 6. The molecule has 1 aliphatic carbocycles. The van der Waals surface area contributed by atoms with Crippen molar-refractivity contribution in [3.8, 4) is 5.69 Å². The molecule has 3 aromatic rings. The molecule has 28 heavy (non-hydrogen) atoms. The number of nitrogens with one attached hydrogen (secondary N) is 1. The molecule has 0 amide bonds. The van der Waals surface area contributed by atoms with E-state index in [-0.39, 0.29) is 29.0 Å². The highest BCUT2D eigenvalue weighted by molar-refractivity contribution is 6.06. The van der Waals surface area contributed by atoms with Gasteiger partial charge in [-0.05, 0) is 48.6 Å². The normalized spacial score (nSPS) is 14.1. The van der Waals surface area contributed by atoms with Crippen molar-refractivity contribution in [1.29, 1.82) is 5.41 Å². The summed E-state index contributed by atoms with van der Waals surface area (Å²) in [6.07, 6.45) is 4.98. The van der Waals surface area contributed by atoms with Gasteiger partial charge in [0.1, 0.15) is 11.5 Å². The molecule has 1 N–H and O–H groups in total. The zero-order valence-electron chi connectivity index (χ0n) is 15.2. The van der Waals surface area contributed by atoms with Gasteiger partial charge in [-0.15, -0.1) is 0 Å². The number of aliphatic imine (C=N–C) groups is 1. The maximum absolute atomic E-state index is 14.6. The van der Waals surface area contributed by atoms with Crippen LogP contribution in [-0.4, -0.2) is 21.7 Å². The zero-order valence-corrected chi connectivity index (χ0v) is 15.2. The van der Waals surface area contributed by atoms with Gasteiger partial charge in [-0.25, -0.2) is 9.07 Å². The van der Waals surface area contributed by atoms with Crippen molar-refractivity contribution in [2.45, 2.75) is 25.2 Å². The third-order valence-electron chi connectivity index (χ3n) is 4.66. The van der Waals surface area contributed by atoms with Crippen LogP contribution in [0.1, 0.15) is 36.4 Å². The summed E-state index contributed by atoms with van der Waals surface area (Å²) in [4.78, 5) is 16.9. The number of benzene rings is 2. The van der Waals surface area contributed by atoms with E-state index < -0.39 is 0 Å². The monoisotopic (exact) mass is 374 g/mol. The number of aromatic nitrogens is 2.